The molecular weight excluding hydrogens is 356 g/mol. The van der Waals surface area contributed by atoms with Crippen LogP contribution in [0.4, 0.5) is 10.5 Å². The molecule has 0 N–H and O–H groups in total. The molecule has 1 aliphatic rings. The van der Waals surface area contributed by atoms with Crippen LogP contribution in [-0.4, -0.2) is 42.8 Å². The zero-order valence-electron chi connectivity index (χ0n) is 15.3. The Kier molecular flexibility index (Phi) is 3.86. The van der Waals surface area contributed by atoms with Gasteiger partial charge in [0.1, 0.15) is 5.60 Å². The number of carbonyl (C=O) groups is 1. The molecule has 1 aromatic rings. The Morgan fingerprint density at radius 1 is 1.33 bits per heavy atom. The Balaban J connectivity index is 2.15. The number of nitrogens with zero attached hydrogens (tertiary/aromatic N) is 2. The highest BCUT2D eigenvalue weighted by molar-refractivity contribution is 9.10. The average molecular weight is 379 g/mol. The zero-order chi connectivity index (χ0) is 18.2. The molecule has 0 unspecified atom stereocenters. The number of carbonyl (C=O) groups excluding carboxylic acids is 1. The highest BCUT2D eigenvalue weighted by Crippen LogP contribution is 2.30. The van der Waals surface area contributed by atoms with Gasteiger partial charge in [0.2, 0.25) is 0 Å². The van der Waals surface area contributed by atoms with E-state index >= 15 is 0 Å². The quantitative estimate of drug-likeness (QED) is 0.735. The first kappa shape index (κ1) is 12.6. The first-order chi connectivity index (χ1) is 11.0. The summed E-state index contributed by atoms with van der Waals surface area (Å²) in [4.78, 5) is 15.6. The van der Waals surface area contributed by atoms with E-state index < -0.39 is 5.60 Å². The van der Waals surface area contributed by atoms with E-state index in [1.165, 1.54) is 0 Å². The van der Waals surface area contributed by atoms with Crippen molar-refractivity contribution in [1.82, 2.24) is 4.90 Å². The van der Waals surface area contributed by atoms with Crippen LogP contribution in [0.5, 0.6) is 0 Å². The SMILES string of the molecule is [2H]c1c([2H])c(N2CCN(C(=O)OC(C)(C)C)CC2)c(Br)c([2H])c1Cl. The van der Waals surface area contributed by atoms with Crippen molar-refractivity contribution in [3.05, 3.63) is 27.6 Å². The molecule has 0 aromatic heterocycles. The van der Waals surface area contributed by atoms with Crippen LogP contribution >= 0.6 is 27.5 Å². The van der Waals surface area contributed by atoms with Crippen molar-refractivity contribution in [2.45, 2.75) is 26.4 Å². The number of halogens is 2. The summed E-state index contributed by atoms with van der Waals surface area (Å²) in [5, 5.41) is -0.0389. The Morgan fingerprint density at radius 2 is 1.95 bits per heavy atom. The maximum absolute atomic E-state index is 12.1. The van der Waals surface area contributed by atoms with Crippen LogP contribution in [0.25, 0.3) is 0 Å². The first-order valence-electron chi connectivity index (χ1n) is 8.20. The Morgan fingerprint density at radius 3 is 2.52 bits per heavy atom. The molecule has 2 rings (SSSR count). The fraction of sp³-hybridized carbons (Fsp3) is 0.533. The minimum atomic E-state index is -0.540. The Bertz CT molecular complexity index is 630. The van der Waals surface area contributed by atoms with Crippen molar-refractivity contribution in [3.63, 3.8) is 0 Å². The van der Waals surface area contributed by atoms with E-state index in [0.717, 1.165) is 0 Å². The van der Waals surface area contributed by atoms with E-state index in [2.05, 4.69) is 15.9 Å². The second-order valence-corrected chi connectivity index (χ2v) is 6.98. The number of hydrogen-bond acceptors (Lipinski definition) is 3. The monoisotopic (exact) mass is 377 g/mol. The van der Waals surface area contributed by atoms with E-state index in [9.17, 15) is 4.79 Å². The largest absolute Gasteiger partial charge is 0.444 e. The zero-order valence-corrected chi connectivity index (χ0v) is 14.6. The average Bonchev–Trinajstić information content (AvgIpc) is 2.50. The Labute approximate surface area is 143 Å². The van der Waals surface area contributed by atoms with Crippen molar-refractivity contribution in [3.8, 4) is 0 Å². The van der Waals surface area contributed by atoms with Gasteiger partial charge in [0.05, 0.1) is 9.80 Å². The van der Waals surface area contributed by atoms with Gasteiger partial charge in [-0.2, -0.15) is 0 Å². The number of hydrogen-bond donors (Lipinski definition) is 0. The molecule has 1 aromatic carbocycles. The molecule has 0 spiro atoms. The second-order valence-electron chi connectivity index (χ2n) is 5.81. The predicted molar refractivity (Wildman–Crippen MR) is 89.2 cm³/mol. The van der Waals surface area contributed by atoms with Gasteiger partial charge in [-0.25, -0.2) is 4.79 Å². The molecular formula is C15H20BrClN2O2. The molecule has 1 fully saturated rings. The van der Waals surface area contributed by atoms with Crippen molar-refractivity contribution < 1.29 is 13.6 Å². The van der Waals surface area contributed by atoms with Gasteiger partial charge in [-0.3, -0.25) is 0 Å². The second kappa shape index (κ2) is 6.44. The van der Waals surface area contributed by atoms with Crippen LogP contribution in [0.3, 0.4) is 0 Å². The number of ether oxygens (including phenoxy) is 1. The van der Waals surface area contributed by atoms with Gasteiger partial charge in [-0.15, -0.1) is 0 Å². The fourth-order valence-electron chi connectivity index (χ4n) is 2.01. The van der Waals surface area contributed by atoms with Gasteiger partial charge in [-0.1, -0.05) is 11.6 Å². The van der Waals surface area contributed by atoms with E-state index in [4.69, 9.17) is 20.5 Å². The molecule has 4 nitrogen and oxygen atoms in total. The molecule has 6 heteroatoms. The third kappa shape index (κ3) is 4.51. The summed E-state index contributed by atoms with van der Waals surface area (Å²) in [6, 6.07) is -0.176. The number of benzene rings is 1. The highest BCUT2D eigenvalue weighted by atomic mass is 79.9. The third-order valence-corrected chi connectivity index (χ3v) is 3.73. The molecule has 0 saturated carbocycles. The Hall–Kier alpha value is -0.940. The maximum atomic E-state index is 12.1. The molecule has 0 bridgehead atoms. The summed E-state index contributed by atoms with van der Waals surface area (Å²) < 4.78 is 29.7. The molecule has 1 aliphatic heterocycles. The van der Waals surface area contributed by atoms with Gasteiger partial charge < -0.3 is 14.5 Å². The summed E-state index contributed by atoms with van der Waals surface area (Å²) in [5.41, 5.74) is -0.0691. The van der Waals surface area contributed by atoms with Gasteiger partial charge in [0.15, 0.2) is 0 Å². The van der Waals surface area contributed by atoms with E-state index in [0.29, 0.717) is 36.3 Å². The minimum Gasteiger partial charge on any atom is -0.444 e. The van der Waals surface area contributed by atoms with Crippen molar-refractivity contribution in [2.24, 2.45) is 0 Å². The molecule has 21 heavy (non-hydrogen) atoms. The van der Waals surface area contributed by atoms with Crippen molar-refractivity contribution >= 4 is 39.3 Å². The molecule has 1 heterocycles. The first-order valence-corrected chi connectivity index (χ1v) is 7.87. The lowest BCUT2D eigenvalue weighted by Gasteiger charge is -2.37. The van der Waals surface area contributed by atoms with E-state index in [1.54, 1.807) is 4.90 Å². The third-order valence-electron chi connectivity index (χ3n) is 2.97. The smallest absolute Gasteiger partial charge is 0.410 e. The van der Waals surface area contributed by atoms with Gasteiger partial charge in [0, 0.05) is 35.7 Å². The summed E-state index contributed by atoms with van der Waals surface area (Å²) in [6.45, 7) is 7.35. The summed E-state index contributed by atoms with van der Waals surface area (Å²) in [6.07, 6.45) is -0.356. The maximum Gasteiger partial charge on any atom is 0.410 e. The number of piperazine rings is 1. The summed E-state index contributed by atoms with van der Waals surface area (Å²) in [7, 11) is 0. The standard InChI is InChI=1S/C15H20BrClN2O2/c1-15(2,3)21-14(20)19-8-6-18(7-9-19)13-5-4-11(17)10-12(13)16/h4-5,10H,6-9H2,1-3H3/i4D,5D,10D. The molecule has 116 valence electrons. The minimum absolute atomic E-state index is 0.00207. The van der Waals surface area contributed by atoms with Gasteiger partial charge >= 0.3 is 6.09 Å². The van der Waals surface area contributed by atoms with Crippen LogP contribution in [0.15, 0.2) is 22.6 Å². The molecule has 0 aliphatic carbocycles. The topological polar surface area (TPSA) is 32.8 Å². The molecule has 1 saturated heterocycles. The number of rotatable bonds is 1. The van der Waals surface area contributed by atoms with Gasteiger partial charge in [-0.05, 0) is 54.8 Å². The fourth-order valence-corrected chi connectivity index (χ4v) is 2.82. The number of anilines is 1. The van der Waals surface area contributed by atoms with Crippen molar-refractivity contribution in [1.29, 1.82) is 0 Å². The lowest BCUT2D eigenvalue weighted by Crippen LogP contribution is -2.50. The lowest BCUT2D eigenvalue weighted by molar-refractivity contribution is 0.0240. The summed E-state index contributed by atoms with van der Waals surface area (Å²) >= 11 is 9.23. The van der Waals surface area contributed by atoms with Crippen LogP contribution in [0, 0.1) is 0 Å². The number of amides is 1. The molecule has 1 amide bonds. The van der Waals surface area contributed by atoms with Crippen LogP contribution in [0.2, 0.25) is 5.02 Å². The highest BCUT2D eigenvalue weighted by Gasteiger charge is 2.26. The predicted octanol–water partition coefficient (Wildman–Crippen LogP) is 4.16. The van der Waals surface area contributed by atoms with Gasteiger partial charge in [0.25, 0.3) is 0 Å². The van der Waals surface area contributed by atoms with Crippen LogP contribution in [0.1, 0.15) is 24.9 Å². The van der Waals surface area contributed by atoms with Crippen molar-refractivity contribution in [2.75, 3.05) is 31.1 Å². The normalized spacial score (nSPS) is 18.0. The molecule has 0 radical (unpaired) electrons. The van der Waals surface area contributed by atoms with E-state index in [1.807, 2.05) is 25.7 Å². The lowest BCUT2D eigenvalue weighted by atomic mass is 10.2. The van der Waals surface area contributed by atoms with Crippen LogP contribution < -0.4 is 4.90 Å². The molecule has 0 atom stereocenters. The van der Waals surface area contributed by atoms with E-state index in [-0.39, 0.29) is 29.2 Å². The van der Waals surface area contributed by atoms with Crippen LogP contribution in [-0.2, 0) is 4.74 Å². The summed E-state index contributed by atoms with van der Waals surface area (Å²) in [5.74, 6) is 0.